The van der Waals surface area contributed by atoms with E-state index in [4.69, 9.17) is 0 Å². The molecule has 3 aliphatic heterocycles. The number of urea groups is 1. The lowest BCUT2D eigenvalue weighted by Gasteiger charge is -2.43. The molecule has 1 aromatic rings. The Bertz CT molecular complexity index is 795. The van der Waals surface area contributed by atoms with Crippen molar-refractivity contribution in [3.63, 3.8) is 0 Å². The summed E-state index contributed by atoms with van der Waals surface area (Å²) in [6.45, 7) is 9.89. The Labute approximate surface area is 160 Å². The molecule has 7 nitrogen and oxygen atoms in total. The number of hydrogen-bond donors (Lipinski definition) is 1. The molecule has 3 unspecified atom stereocenters. The highest BCUT2D eigenvalue weighted by molar-refractivity contribution is 6.00. The highest BCUT2D eigenvalue weighted by Crippen LogP contribution is 2.33. The summed E-state index contributed by atoms with van der Waals surface area (Å²) in [5, 5.41) is 3.53. The molecule has 1 aromatic carbocycles. The number of amides is 3. The van der Waals surface area contributed by atoms with E-state index >= 15 is 0 Å². The van der Waals surface area contributed by atoms with Crippen molar-refractivity contribution in [3.8, 4) is 0 Å². The molecule has 0 aromatic heterocycles. The van der Waals surface area contributed by atoms with Crippen LogP contribution in [0.5, 0.6) is 0 Å². The lowest BCUT2D eigenvalue weighted by atomic mass is 10.1. The number of imide groups is 1. The summed E-state index contributed by atoms with van der Waals surface area (Å²) in [5.74, 6) is -0.139. The number of hydrogen-bond acceptors (Lipinski definition) is 5. The summed E-state index contributed by atoms with van der Waals surface area (Å²) >= 11 is 0. The number of carbonyl (C=O) groups excluding carboxylic acids is 2. The van der Waals surface area contributed by atoms with Crippen LogP contribution in [0.4, 0.5) is 10.5 Å². The predicted octanol–water partition coefficient (Wildman–Crippen LogP) is 1.48. The van der Waals surface area contributed by atoms with Crippen LogP contribution in [-0.2, 0) is 4.79 Å². The summed E-state index contributed by atoms with van der Waals surface area (Å²) in [4.78, 5) is 33.1. The SMILES string of the molecule is C=CCN1C(=O)C2C(NC3N(c4ccc(C)c(C)c4)CCCN23)N(C)C1=O. The van der Waals surface area contributed by atoms with Crippen molar-refractivity contribution >= 4 is 17.6 Å². The highest BCUT2D eigenvalue weighted by atomic mass is 16.2. The molecule has 0 radical (unpaired) electrons. The van der Waals surface area contributed by atoms with Gasteiger partial charge in [-0.1, -0.05) is 12.1 Å². The van der Waals surface area contributed by atoms with E-state index in [1.165, 1.54) is 16.0 Å². The molecule has 3 saturated heterocycles. The third-order valence-electron chi connectivity index (χ3n) is 6.00. The predicted molar refractivity (Wildman–Crippen MR) is 104 cm³/mol. The molecular formula is C20H27N5O2. The first kappa shape index (κ1) is 18.0. The fourth-order valence-electron chi connectivity index (χ4n) is 4.38. The molecule has 0 saturated carbocycles. The molecule has 0 bridgehead atoms. The second-order valence-electron chi connectivity index (χ2n) is 7.61. The molecule has 1 N–H and O–H groups in total. The third kappa shape index (κ3) is 2.73. The zero-order valence-electron chi connectivity index (χ0n) is 16.2. The van der Waals surface area contributed by atoms with E-state index in [2.05, 4.69) is 53.7 Å². The van der Waals surface area contributed by atoms with Crippen LogP contribution >= 0.6 is 0 Å². The minimum absolute atomic E-state index is 0.0984. The molecule has 3 atom stereocenters. The number of carbonyl (C=O) groups is 2. The van der Waals surface area contributed by atoms with Crippen molar-refractivity contribution in [1.29, 1.82) is 0 Å². The summed E-state index contributed by atoms with van der Waals surface area (Å²) in [5.41, 5.74) is 3.66. The Hall–Kier alpha value is -2.38. The number of fused-ring (bicyclic) bond motifs is 3. The first-order valence-corrected chi connectivity index (χ1v) is 9.49. The number of nitrogens with one attached hydrogen (secondary N) is 1. The van der Waals surface area contributed by atoms with Gasteiger partial charge in [0.1, 0.15) is 18.5 Å². The van der Waals surface area contributed by atoms with Crippen LogP contribution < -0.4 is 10.2 Å². The molecule has 7 heteroatoms. The summed E-state index contributed by atoms with van der Waals surface area (Å²) in [6, 6.07) is 5.83. The summed E-state index contributed by atoms with van der Waals surface area (Å²) < 4.78 is 0. The maximum atomic E-state index is 13.1. The molecule has 3 aliphatic rings. The van der Waals surface area contributed by atoms with Gasteiger partial charge in [-0.15, -0.1) is 6.58 Å². The van der Waals surface area contributed by atoms with Gasteiger partial charge in [-0.2, -0.15) is 0 Å². The Kier molecular flexibility index (Phi) is 4.44. The summed E-state index contributed by atoms with van der Waals surface area (Å²) in [6.07, 6.45) is 2.16. The molecule has 0 aliphatic carbocycles. The minimum Gasteiger partial charge on any atom is -0.343 e. The second-order valence-corrected chi connectivity index (χ2v) is 7.61. The number of aryl methyl sites for hydroxylation is 2. The van der Waals surface area contributed by atoms with Gasteiger partial charge >= 0.3 is 6.03 Å². The first-order valence-electron chi connectivity index (χ1n) is 9.49. The van der Waals surface area contributed by atoms with Gasteiger partial charge in [0.25, 0.3) is 5.91 Å². The van der Waals surface area contributed by atoms with Gasteiger partial charge < -0.3 is 9.80 Å². The first-order chi connectivity index (χ1) is 12.9. The molecule has 27 heavy (non-hydrogen) atoms. The fraction of sp³-hybridized carbons (Fsp3) is 0.500. The minimum atomic E-state index is -0.369. The molecule has 3 amide bonds. The summed E-state index contributed by atoms with van der Waals surface area (Å²) in [7, 11) is 1.76. The van der Waals surface area contributed by atoms with Gasteiger partial charge in [0.15, 0.2) is 0 Å². The second kappa shape index (κ2) is 6.65. The average molecular weight is 369 g/mol. The van der Waals surface area contributed by atoms with E-state index in [1.54, 1.807) is 18.0 Å². The van der Waals surface area contributed by atoms with Crippen molar-refractivity contribution in [1.82, 2.24) is 20.0 Å². The zero-order valence-corrected chi connectivity index (χ0v) is 16.2. The van der Waals surface area contributed by atoms with Gasteiger partial charge in [0, 0.05) is 32.4 Å². The standard InChI is InChI=1S/C20H27N5O2/c1-5-9-25-18(26)16-17(22(4)20(25)27)21-19-23(10-6-11-24(16)19)15-8-7-13(2)14(3)12-15/h5,7-8,12,16-17,19,21H,1,6,9-11H2,2-4H3. The van der Waals surface area contributed by atoms with Crippen LogP contribution in [0, 0.1) is 13.8 Å². The van der Waals surface area contributed by atoms with Crippen molar-refractivity contribution in [2.24, 2.45) is 0 Å². The van der Waals surface area contributed by atoms with E-state index in [0.717, 1.165) is 25.2 Å². The van der Waals surface area contributed by atoms with Crippen LogP contribution in [0.1, 0.15) is 17.5 Å². The van der Waals surface area contributed by atoms with Gasteiger partial charge in [-0.25, -0.2) is 4.79 Å². The van der Waals surface area contributed by atoms with E-state index in [9.17, 15) is 9.59 Å². The number of nitrogens with zero attached hydrogens (tertiary/aromatic N) is 4. The molecule has 4 rings (SSSR count). The van der Waals surface area contributed by atoms with Gasteiger partial charge in [0.2, 0.25) is 0 Å². The maximum Gasteiger partial charge on any atom is 0.328 e. The zero-order chi connectivity index (χ0) is 19.3. The topological polar surface area (TPSA) is 59.1 Å². The Morgan fingerprint density at radius 2 is 2.00 bits per heavy atom. The Balaban J connectivity index is 1.67. The van der Waals surface area contributed by atoms with Crippen molar-refractivity contribution < 1.29 is 9.59 Å². The van der Waals surface area contributed by atoms with E-state index in [1.807, 2.05) is 0 Å². The number of rotatable bonds is 3. The average Bonchev–Trinajstić information content (AvgIpc) is 3.05. The normalized spacial score (nSPS) is 28.4. The van der Waals surface area contributed by atoms with Gasteiger partial charge in [-0.05, 0) is 43.5 Å². The van der Waals surface area contributed by atoms with Crippen molar-refractivity contribution in [3.05, 3.63) is 42.0 Å². The highest BCUT2D eigenvalue weighted by Gasteiger charge is 2.55. The number of anilines is 1. The van der Waals surface area contributed by atoms with Crippen LogP contribution in [-0.4, -0.2) is 71.8 Å². The van der Waals surface area contributed by atoms with Gasteiger partial charge in [0.05, 0.1) is 0 Å². The van der Waals surface area contributed by atoms with E-state index in [-0.39, 0.29) is 37.0 Å². The van der Waals surface area contributed by atoms with Crippen molar-refractivity contribution in [2.75, 3.05) is 31.6 Å². The van der Waals surface area contributed by atoms with Gasteiger partial charge in [-0.3, -0.25) is 19.9 Å². The van der Waals surface area contributed by atoms with Crippen LogP contribution in [0.2, 0.25) is 0 Å². The molecular weight excluding hydrogens is 342 g/mol. The molecule has 0 spiro atoms. The lowest BCUT2D eigenvalue weighted by molar-refractivity contribution is -0.138. The Morgan fingerprint density at radius 1 is 1.22 bits per heavy atom. The fourth-order valence-corrected chi connectivity index (χ4v) is 4.38. The quantitative estimate of drug-likeness (QED) is 0.818. The maximum absolute atomic E-state index is 13.1. The lowest BCUT2D eigenvalue weighted by Crippen LogP contribution is -2.66. The van der Waals surface area contributed by atoms with Crippen LogP contribution in [0.3, 0.4) is 0 Å². The molecule has 3 fully saturated rings. The van der Waals surface area contributed by atoms with Crippen molar-refractivity contribution in [2.45, 2.75) is 38.8 Å². The smallest absolute Gasteiger partial charge is 0.328 e. The Morgan fingerprint density at radius 3 is 2.70 bits per heavy atom. The number of benzene rings is 1. The monoisotopic (exact) mass is 369 g/mol. The number of likely N-dealkylation sites (N-methyl/N-ethyl adjacent to an activating group) is 1. The third-order valence-corrected chi connectivity index (χ3v) is 6.00. The van der Waals surface area contributed by atoms with E-state index in [0.29, 0.717) is 0 Å². The van der Waals surface area contributed by atoms with Crippen LogP contribution in [0.25, 0.3) is 0 Å². The molecule has 3 heterocycles. The van der Waals surface area contributed by atoms with Crippen LogP contribution in [0.15, 0.2) is 30.9 Å². The van der Waals surface area contributed by atoms with E-state index < -0.39 is 0 Å². The molecule has 144 valence electrons. The largest absolute Gasteiger partial charge is 0.343 e.